The lowest BCUT2D eigenvalue weighted by atomic mass is 10.2. The molecule has 0 atom stereocenters. The maximum atomic E-state index is 11.0. The van der Waals surface area contributed by atoms with E-state index in [-0.39, 0.29) is 5.91 Å². The molecule has 25 heavy (non-hydrogen) atoms. The molecule has 1 N–H and O–H groups in total. The molecule has 0 saturated carbocycles. The first-order valence-corrected chi connectivity index (χ1v) is 9.03. The van der Waals surface area contributed by atoms with Gasteiger partial charge in [-0.15, -0.1) is 10.2 Å². The van der Waals surface area contributed by atoms with Gasteiger partial charge >= 0.3 is 0 Å². The fraction of sp³-hybridized carbons (Fsp3) is 0.118. The second-order valence-corrected chi connectivity index (χ2v) is 6.93. The molecule has 0 bridgehead atoms. The smallest absolute Gasteiger partial charge is 0.277 e. The molecule has 3 rings (SSSR count). The number of hydrogen-bond acceptors (Lipinski definition) is 5. The average molecular weight is 394 g/mol. The number of amides is 1. The van der Waals surface area contributed by atoms with Crippen LogP contribution in [0.4, 0.5) is 5.69 Å². The van der Waals surface area contributed by atoms with Crippen LogP contribution in [0.3, 0.4) is 0 Å². The zero-order chi connectivity index (χ0) is 17.8. The largest absolute Gasteiger partial charge is 0.411 e. The molecule has 0 fully saturated rings. The highest BCUT2D eigenvalue weighted by molar-refractivity contribution is 7.98. The molecule has 8 heteroatoms. The number of hydrogen-bond donors (Lipinski definition) is 1. The maximum absolute atomic E-state index is 11.0. The van der Waals surface area contributed by atoms with Crippen LogP contribution in [-0.2, 0) is 10.5 Å². The first-order chi connectivity index (χ1) is 12.0. The van der Waals surface area contributed by atoms with Gasteiger partial charge < -0.3 is 9.73 Å². The van der Waals surface area contributed by atoms with Gasteiger partial charge in [0.1, 0.15) is 0 Å². The van der Waals surface area contributed by atoms with Crippen LogP contribution in [0.1, 0.15) is 12.5 Å². The third kappa shape index (κ3) is 4.75. The Labute approximate surface area is 158 Å². The molecule has 1 amide bonds. The first-order valence-electron chi connectivity index (χ1n) is 7.29. The molecule has 0 radical (unpaired) electrons. The van der Waals surface area contributed by atoms with Gasteiger partial charge in [0.15, 0.2) is 0 Å². The second-order valence-electron chi connectivity index (χ2n) is 5.16. The predicted octanol–water partition coefficient (Wildman–Crippen LogP) is 5.29. The minimum Gasteiger partial charge on any atom is -0.411 e. The quantitative estimate of drug-likeness (QED) is 0.596. The van der Waals surface area contributed by atoms with E-state index in [0.29, 0.717) is 32.6 Å². The second kappa shape index (κ2) is 7.91. The van der Waals surface area contributed by atoms with Crippen LogP contribution in [0, 0.1) is 0 Å². The van der Waals surface area contributed by atoms with E-state index in [2.05, 4.69) is 15.5 Å². The number of benzene rings is 2. The van der Waals surface area contributed by atoms with E-state index >= 15 is 0 Å². The number of halogens is 2. The molecular weight excluding hydrogens is 381 g/mol. The van der Waals surface area contributed by atoms with Gasteiger partial charge in [0.05, 0.1) is 0 Å². The van der Waals surface area contributed by atoms with Gasteiger partial charge in [0.25, 0.3) is 5.22 Å². The third-order valence-corrected chi connectivity index (χ3v) is 4.68. The van der Waals surface area contributed by atoms with Gasteiger partial charge in [-0.3, -0.25) is 4.79 Å². The van der Waals surface area contributed by atoms with E-state index in [0.717, 1.165) is 11.1 Å². The lowest BCUT2D eigenvalue weighted by Crippen LogP contribution is -2.05. The number of nitrogens with zero attached hydrogens (tertiary/aromatic N) is 2. The highest BCUT2D eigenvalue weighted by Crippen LogP contribution is 2.29. The Morgan fingerprint density at radius 2 is 1.92 bits per heavy atom. The van der Waals surface area contributed by atoms with Crippen molar-refractivity contribution >= 4 is 46.6 Å². The molecule has 0 aliphatic heterocycles. The van der Waals surface area contributed by atoms with Crippen LogP contribution in [0.25, 0.3) is 11.5 Å². The molecule has 0 saturated heterocycles. The molecule has 0 spiro atoms. The average Bonchev–Trinajstić information content (AvgIpc) is 3.03. The van der Waals surface area contributed by atoms with Crippen LogP contribution in [-0.4, -0.2) is 16.1 Å². The van der Waals surface area contributed by atoms with E-state index in [1.807, 2.05) is 18.2 Å². The van der Waals surface area contributed by atoms with E-state index in [1.165, 1.54) is 18.7 Å². The molecule has 2 aromatic carbocycles. The normalized spacial score (nSPS) is 10.7. The Bertz CT molecular complexity index is 897. The van der Waals surface area contributed by atoms with Crippen molar-refractivity contribution in [3.63, 3.8) is 0 Å². The zero-order valence-electron chi connectivity index (χ0n) is 13.1. The van der Waals surface area contributed by atoms with Crippen molar-refractivity contribution in [2.45, 2.75) is 17.9 Å². The summed E-state index contributed by atoms with van der Waals surface area (Å²) in [6.45, 7) is 1.46. The van der Waals surface area contributed by atoms with Crippen LogP contribution in [0.5, 0.6) is 0 Å². The maximum Gasteiger partial charge on any atom is 0.277 e. The first kappa shape index (κ1) is 17.8. The van der Waals surface area contributed by atoms with E-state index in [9.17, 15) is 4.79 Å². The zero-order valence-corrected chi connectivity index (χ0v) is 15.5. The fourth-order valence-electron chi connectivity index (χ4n) is 2.06. The molecule has 0 unspecified atom stereocenters. The summed E-state index contributed by atoms with van der Waals surface area (Å²) in [6.07, 6.45) is 0. The van der Waals surface area contributed by atoms with Crippen LogP contribution in [0.15, 0.2) is 52.1 Å². The molecule has 1 heterocycles. The number of nitrogens with one attached hydrogen (secondary N) is 1. The van der Waals surface area contributed by atoms with Crippen molar-refractivity contribution in [2.24, 2.45) is 0 Å². The van der Waals surface area contributed by atoms with Gasteiger partial charge in [-0.05, 0) is 42.0 Å². The topological polar surface area (TPSA) is 68.0 Å². The minimum atomic E-state index is -0.120. The Kier molecular flexibility index (Phi) is 5.63. The van der Waals surface area contributed by atoms with Gasteiger partial charge in [-0.25, -0.2) is 0 Å². The summed E-state index contributed by atoms with van der Waals surface area (Å²) in [5.74, 6) is 0.892. The highest BCUT2D eigenvalue weighted by Gasteiger charge is 2.11. The Hall–Kier alpha value is -2.02. The Balaban J connectivity index is 1.66. The summed E-state index contributed by atoms with van der Waals surface area (Å²) in [4.78, 5) is 11.0. The molecular formula is C17H13Cl2N3O2S. The van der Waals surface area contributed by atoms with E-state index in [4.69, 9.17) is 27.6 Å². The van der Waals surface area contributed by atoms with Gasteiger partial charge in [0, 0.05) is 34.0 Å². The highest BCUT2D eigenvalue weighted by atomic mass is 35.5. The number of carbonyl (C=O) groups is 1. The van der Waals surface area contributed by atoms with Gasteiger partial charge in [0.2, 0.25) is 11.8 Å². The molecule has 0 aliphatic carbocycles. The van der Waals surface area contributed by atoms with Crippen molar-refractivity contribution in [1.82, 2.24) is 10.2 Å². The van der Waals surface area contributed by atoms with Crippen LogP contribution < -0.4 is 5.32 Å². The summed E-state index contributed by atoms with van der Waals surface area (Å²) >= 11 is 13.4. The summed E-state index contributed by atoms with van der Waals surface area (Å²) in [6, 6.07) is 12.5. The number of carbonyl (C=O) groups excluding carboxylic acids is 1. The van der Waals surface area contributed by atoms with Crippen LogP contribution >= 0.6 is 35.0 Å². The Morgan fingerprint density at radius 3 is 2.60 bits per heavy atom. The summed E-state index contributed by atoms with van der Waals surface area (Å²) in [5.41, 5.74) is 2.43. The van der Waals surface area contributed by atoms with Crippen molar-refractivity contribution in [2.75, 3.05) is 5.32 Å². The van der Waals surface area contributed by atoms with Crippen LogP contribution in [0.2, 0.25) is 10.0 Å². The summed E-state index contributed by atoms with van der Waals surface area (Å²) < 4.78 is 5.66. The van der Waals surface area contributed by atoms with Crippen molar-refractivity contribution < 1.29 is 9.21 Å². The van der Waals surface area contributed by atoms with E-state index < -0.39 is 0 Å². The summed E-state index contributed by atoms with van der Waals surface area (Å²) in [5, 5.41) is 12.4. The number of thioether (sulfide) groups is 1. The molecule has 128 valence electrons. The van der Waals surface area contributed by atoms with E-state index in [1.54, 1.807) is 24.3 Å². The number of aromatic nitrogens is 2. The number of rotatable bonds is 5. The van der Waals surface area contributed by atoms with Crippen molar-refractivity contribution in [3.05, 3.63) is 58.1 Å². The number of anilines is 1. The lowest BCUT2D eigenvalue weighted by molar-refractivity contribution is -0.114. The Morgan fingerprint density at radius 1 is 1.16 bits per heavy atom. The predicted molar refractivity (Wildman–Crippen MR) is 100 cm³/mol. The minimum absolute atomic E-state index is 0.120. The summed E-state index contributed by atoms with van der Waals surface area (Å²) in [7, 11) is 0. The molecule has 5 nitrogen and oxygen atoms in total. The monoisotopic (exact) mass is 393 g/mol. The van der Waals surface area contributed by atoms with Crippen molar-refractivity contribution in [1.29, 1.82) is 0 Å². The molecule has 0 aliphatic rings. The fourth-order valence-corrected chi connectivity index (χ4v) is 3.38. The lowest BCUT2D eigenvalue weighted by Gasteiger charge is -2.02. The third-order valence-electron chi connectivity index (χ3n) is 3.22. The SMILES string of the molecule is CC(=O)Nc1ccc(-c2nnc(SCc3ccc(Cl)cc3Cl)o2)cc1. The standard InChI is InChI=1S/C17H13Cl2N3O2S/c1-10(23)20-14-6-3-11(4-7-14)16-21-22-17(24-16)25-9-12-2-5-13(18)8-15(12)19/h2-8H,9H2,1H3,(H,20,23). The molecule has 1 aromatic heterocycles. The van der Waals surface area contributed by atoms with Crippen molar-refractivity contribution in [3.8, 4) is 11.5 Å². The van der Waals surface area contributed by atoms with Gasteiger partial charge in [-0.1, -0.05) is 41.0 Å². The molecule has 3 aromatic rings. The van der Waals surface area contributed by atoms with Gasteiger partial charge in [-0.2, -0.15) is 0 Å².